The van der Waals surface area contributed by atoms with E-state index in [1.54, 1.807) is 24.4 Å². The lowest BCUT2D eigenvalue weighted by Gasteiger charge is -2.25. The van der Waals surface area contributed by atoms with Gasteiger partial charge in [-0.25, -0.2) is 14.6 Å². The predicted octanol–water partition coefficient (Wildman–Crippen LogP) is 5.33. The van der Waals surface area contributed by atoms with E-state index < -0.39 is 24.0 Å². The molecule has 1 aromatic carbocycles. The number of carbonyl (C=O) groups excluding carboxylic acids is 2. The van der Waals surface area contributed by atoms with Crippen molar-refractivity contribution in [3.8, 4) is 11.3 Å². The molecule has 1 aliphatic heterocycles. The van der Waals surface area contributed by atoms with Crippen LogP contribution >= 0.6 is 0 Å². The maximum atomic E-state index is 13.8. The molecule has 11 nitrogen and oxygen atoms in total. The molecule has 11 heteroatoms. The second-order valence-corrected chi connectivity index (χ2v) is 11.8. The van der Waals surface area contributed by atoms with E-state index in [-0.39, 0.29) is 35.7 Å². The SMILES string of the molecule is CC(C)C[C@H](NC(=O)N1CCCCCC1)c1nc(C(=O)N[C@@H](Cc2ccccn2)C(=O)O)c(-c2cn(C)c3ccccc23)o1. The Morgan fingerprint density at radius 2 is 1.73 bits per heavy atom. The number of amides is 3. The summed E-state index contributed by atoms with van der Waals surface area (Å²) < 4.78 is 8.33. The van der Waals surface area contributed by atoms with Crippen molar-refractivity contribution < 1.29 is 23.9 Å². The van der Waals surface area contributed by atoms with Gasteiger partial charge in [0.25, 0.3) is 5.91 Å². The number of nitrogens with one attached hydrogen (secondary N) is 2. The molecule has 4 aromatic rings. The van der Waals surface area contributed by atoms with Crippen LogP contribution in [0, 0.1) is 5.92 Å². The summed E-state index contributed by atoms with van der Waals surface area (Å²) in [7, 11) is 1.90. The molecule has 2 atom stereocenters. The minimum Gasteiger partial charge on any atom is -0.480 e. The van der Waals surface area contributed by atoms with E-state index >= 15 is 0 Å². The number of nitrogens with zero attached hydrogens (tertiary/aromatic N) is 4. The third kappa shape index (κ3) is 7.10. The van der Waals surface area contributed by atoms with Crippen molar-refractivity contribution in [3.05, 3.63) is 72.1 Å². The maximum Gasteiger partial charge on any atom is 0.326 e. The van der Waals surface area contributed by atoms with E-state index in [9.17, 15) is 19.5 Å². The normalized spacial score (nSPS) is 15.1. The highest BCUT2D eigenvalue weighted by Crippen LogP contribution is 2.35. The van der Waals surface area contributed by atoms with Crippen LogP contribution in [-0.2, 0) is 18.3 Å². The number of aliphatic carboxylic acids is 1. The molecule has 0 aliphatic carbocycles. The summed E-state index contributed by atoms with van der Waals surface area (Å²) in [5.41, 5.74) is 2.06. The molecular formula is C33H40N6O5. The zero-order valence-electron chi connectivity index (χ0n) is 25.5. The van der Waals surface area contributed by atoms with Gasteiger partial charge in [0.15, 0.2) is 11.5 Å². The summed E-state index contributed by atoms with van der Waals surface area (Å²) in [5, 5.41) is 16.6. The van der Waals surface area contributed by atoms with Gasteiger partial charge in [-0.2, -0.15) is 0 Å². The van der Waals surface area contributed by atoms with Gasteiger partial charge in [0.05, 0.1) is 0 Å². The van der Waals surface area contributed by atoms with Crippen molar-refractivity contribution in [3.63, 3.8) is 0 Å². The van der Waals surface area contributed by atoms with Crippen molar-refractivity contribution in [2.75, 3.05) is 13.1 Å². The van der Waals surface area contributed by atoms with Crippen LogP contribution < -0.4 is 10.6 Å². The summed E-state index contributed by atoms with van der Waals surface area (Å²) in [5.74, 6) is -1.28. The number of hydrogen-bond acceptors (Lipinski definition) is 6. The lowest BCUT2D eigenvalue weighted by Crippen LogP contribution is -2.43. The van der Waals surface area contributed by atoms with E-state index in [1.807, 2.05) is 60.8 Å². The zero-order valence-corrected chi connectivity index (χ0v) is 25.5. The van der Waals surface area contributed by atoms with Crippen LogP contribution in [-0.4, -0.2) is 61.6 Å². The Hall–Kier alpha value is -4.67. The molecule has 232 valence electrons. The van der Waals surface area contributed by atoms with Gasteiger partial charge in [-0.15, -0.1) is 0 Å². The van der Waals surface area contributed by atoms with Crippen molar-refractivity contribution in [2.45, 2.75) is 64.5 Å². The number of hydrogen-bond donors (Lipinski definition) is 3. The fraction of sp³-hybridized carbons (Fsp3) is 0.424. The number of pyridine rings is 1. The van der Waals surface area contributed by atoms with Crippen LogP contribution in [0.25, 0.3) is 22.2 Å². The second kappa shape index (κ2) is 13.7. The number of benzene rings is 1. The van der Waals surface area contributed by atoms with Crippen LogP contribution in [0.2, 0.25) is 0 Å². The molecule has 0 radical (unpaired) electrons. The molecule has 3 amide bonds. The Balaban J connectivity index is 1.53. The average Bonchev–Trinajstić information content (AvgIpc) is 3.46. The molecule has 5 rings (SSSR count). The Kier molecular flexibility index (Phi) is 9.62. The molecule has 1 aliphatic rings. The number of urea groups is 1. The van der Waals surface area contributed by atoms with Gasteiger partial charge >= 0.3 is 12.0 Å². The molecule has 3 aromatic heterocycles. The van der Waals surface area contributed by atoms with Crippen LogP contribution in [0.4, 0.5) is 4.79 Å². The van der Waals surface area contributed by atoms with Gasteiger partial charge in [-0.1, -0.05) is 51.0 Å². The molecule has 0 bridgehead atoms. The molecule has 0 saturated carbocycles. The Morgan fingerprint density at radius 1 is 1.00 bits per heavy atom. The standard InChI is InChI=1S/C33H40N6O5/c1-21(2)18-25(36-33(43)39-16-10-4-5-11-17-39)31-37-28(29(44-31)24-20-38(3)27-14-7-6-13-23(24)27)30(40)35-26(32(41)42)19-22-12-8-9-15-34-22/h6-9,12-15,20-21,25-26H,4-5,10-11,16-19H2,1-3H3,(H,35,40)(H,36,43)(H,41,42)/t25-,26-/m0/s1. The van der Waals surface area contributed by atoms with Gasteiger partial charge in [-0.3, -0.25) is 9.78 Å². The largest absolute Gasteiger partial charge is 0.480 e. The number of aryl methyl sites for hydroxylation is 1. The third-order valence-electron chi connectivity index (χ3n) is 7.94. The minimum atomic E-state index is -1.24. The van der Waals surface area contributed by atoms with Crippen molar-refractivity contribution in [2.24, 2.45) is 13.0 Å². The Morgan fingerprint density at radius 3 is 2.41 bits per heavy atom. The molecule has 4 heterocycles. The fourth-order valence-electron chi connectivity index (χ4n) is 5.71. The van der Waals surface area contributed by atoms with Crippen LogP contribution in [0.5, 0.6) is 0 Å². The number of para-hydroxylation sites is 1. The van der Waals surface area contributed by atoms with Crippen molar-refractivity contribution in [1.82, 2.24) is 30.1 Å². The van der Waals surface area contributed by atoms with E-state index in [2.05, 4.69) is 20.6 Å². The van der Waals surface area contributed by atoms with Gasteiger partial charge in [0.1, 0.15) is 12.1 Å². The van der Waals surface area contributed by atoms with Gasteiger partial charge in [0, 0.05) is 61.1 Å². The maximum absolute atomic E-state index is 13.8. The fourth-order valence-corrected chi connectivity index (χ4v) is 5.71. The average molecular weight is 601 g/mol. The number of aromatic nitrogens is 3. The Labute approximate surface area is 256 Å². The number of carboxylic acid groups (broad SMARTS) is 1. The molecular weight excluding hydrogens is 560 g/mol. The predicted molar refractivity (Wildman–Crippen MR) is 166 cm³/mol. The minimum absolute atomic E-state index is 0.00190. The number of carboxylic acids is 1. The highest BCUT2D eigenvalue weighted by atomic mass is 16.4. The highest BCUT2D eigenvalue weighted by molar-refractivity contribution is 6.04. The van der Waals surface area contributed by atoms with Gasteiger partial charge < -0.3 is 29.6 Å². The third-order valence-corrected chi connectivity index (χ3v) is 7.94. The molecule has 3 N–H and O–H groups in total. The number of likely N-dealkylation sites (tertiary alicyclic amines) is 1. The van der Waals surface area contributed by atoms with Gasteiger partial charge in [-0.05, 0) is 43.4 Å². The number of oxazole rings is 1. The summed E-state index contributed by atoms with van der Waals surface area (Å²) in [6.07, 6.45) is 8.09. The topological polar surface area (TPSA) is 143 Å². The Bertz CT molecular complexity index is 1600. The van der Waals surface area contributed by atoms with Crippen LogP contribution in [0.15, 0.2) is 59.3 Å². The van der Waals surface area contributed by atoms with E-state index in [0.717, 1.165) is 36.6 Å². The molecule has 44 heavy (non-hydrogen) atoms. The molecule has 1 saturated heterocycles. The quantitative estimate of drug-likeness (QED) is 0.223. The highest BCUT2D eigenvalue weighted by Gasteiger charge is 2.32. The lowest BCUT2D eigenvalue weighted by atomic mass is 10.0. The zero-order chi connectivity index (χ0) is 31.2. The monoisotopic (exact) mass is 600 g/mol. The summed E-state index contributed by atoms with van der Waals surface area (Å²) in [6, 6.07) is 10.9. The van der Waals surface area contributed by atoms with E-state index in [1.165, 1.54) is 0 Å². The molecule has 0 unspecified atom stereocenters. The van der Waals surface area contributed by atoms with E-state index in [0.29, 0.717) is 30.8 Å². The van der Waals surface area contributed by atoms with E-state index in [4.69, 9.17) is 4.42 Å². The van der Waals surface area contributed by atoms with Gasteiger partial charge in [0.2, 0.25) is 5.89 Å². The van der Waals surface area contributed by atoms with Crippen LogP contribution in [0.1, 0.15) is 74.1 Å². The summed E-state index contributed by atoms with van der Waals surface area (Å²) in [6.45, 7) is 5.46. The summed E-state index contributed by atoms with van der Waals surface area (Å²) >= 11 is 0. The smallest absolute Gasteiger partial charge is 0.326 e. The first-order valence-electron chi connectivity index (χ1n) is 15.3. The first kappa shape index (κ1) is 30.8. The number of carbonyl (C=O) groups is 3. The molecule has 0 spiro atoms. The number of fused-ring (bicyclic) bond motifs is 1. The summed E-state index contributed by atoms with van der Waals surface area (Å²) in [4.78, 5) is 50.1. The lowest BCUT2D eigenvalue weighted by molar-refractivity contribution is -0.139. The number of rotatable bonds is 10. The second-order valence-electron chi connectivity index (χ2n) is 11.8. The van der Waals surface area contributed by atoms with Crippen molar-refractivity contribution in [1.29, 1.82) is 0 Å². The van der Waals surface area contributed by atoms with Crippen LogP contribution in [0.3, 0.4) is 0 Å². The first-order valence-corrected chi connectivity index (χ1v) is 15.3. The molecule has 1 fully saturated rings. The van der Waals surface area contributed by atoms with Crippen molar-refractivity contribution >= 4 is 28.8 Å². The first-order chi connectivity index (χ1) is 21.2.